The molecule has 1 aromatic rings. The van der Waals surface area contributed by atoms with Crippen molar-refractivity contribution in [2.24, 2.45) is 0 Å². The molecule has 1 aliphatic rings. The third kappa shape index (κ3) is 3.96. The summed E-state index contributed by atoms with van der Waals surface area (Å²) in [6, 6.07) is 4.16. The number of ether oxygens (including phenoxy) is 1. The first-order valence-corrected chi connectivity index (χ1v) is 8.21. The van der Waals surface area contributed by atoms with E-state index in [0.717, 1.165) is 12.8 Å². The van der Waals surface area contributed by atoms with Crippen molar-refractivity contribution in [3.05, 3.63) is 35.0 Å². The fraction of sp³-hybridized carbons (Fsp3) is 0.500. The summed E-state index contributed by atoms with van der Waals surface area (Å²) in [4.78, 5) is 26.1. The molecule has 0 saturated carbocycles. The van der Waals surface area contributed by atoms with E-state index in [4.69, 9.17) is 4.74 Å². The quantitative estimate of drug-likeness (QED) is 0.809. The van der Waals surface area contributed by atoms with Crippen LogP contribution in [0.2, 0.25) is 0 Å². The Hall–Kier alpha value is -1.66. The molecule has 0 aromatic carbocycles. The molecular weight excluding hydrogens is 300 g/mol. The zero-order chi connectivity index (χ0) is 16.0. The number of hydrogen-bond donors (Lipinski definition) is 1. The number of nitrogens with one attached hydrogen (secondary N) is 1. The van der Waals surface area contributed by atoms with Crippen molar-refractivity contribution in [1.82, 2.24) is 10.2 Å². The van der Waals surface area contributed by atoms with Crippen LogP contribution in [0.1, 0.15) is 17.7 Å². The van der Waals surface area contributed by atoms with Crippen molar-refractivity contribution in [2.45, 2.75) is 18.3 Å². The maximum Gasteiger partial charge on any atom is 0.246 e. The molecular formula is C16H22N2O3S. The molecule has 5 nitrogen and oxygen atoms in total. The van der Waals surface area contributed by atoms with Gasteiger partial charge in [-0.2, -0.15) is 0 Å². The van der Waals surface area contributed by atoms with Crippen LogP contribution < -0.4 is 5.32 Å². The summed E-state index contributed by atoms with van der Waals surface area (Å²) in [5.41, 5.74) is -0.0525. The molecule has 1 fully saturated rings. The Morgan fingerprint density at radius 2 is 2.23 bits per heavy atom. The molecule has 1 aromatic heterocycles. The SMILES string of the molecule is C=CC(=O)N(C)CC(=O)NCC1(c2cccs2)CCOCC1. The number of amides is 2. The van der Waals surface area contributed by atoms with Gasteiger partial charge in [0.2, 0.25) is 11.8 Å². The van der Waals surface area contributed by atoms with Crippen LogP contribution in [0.25, 0.3) is 0 Å². The topological polar surface area (TPSA) is 58.6 Å². The van der Waals surface area contributed by atoms with Gasteiger partial charge in [-0.15, -0.1) is 11.3 Å². The first-order valence-electron chi connectivity index (χ1n) is 7.33. The first kappa shape index (κ1) is 16.7. The van der Waals surface area contributed by atoms with Crippen LogP contribution in [0.3, 0.4) is 0 Å². The average Bonchev–Trinajstić information content (AvgIpc) is 3.08. The lowest BCUT2D eigenvalue weighted by molar-refractivity contribution is -0.131. The Bertz CT molecular complexity index is 522. The summed E-state index contributed by atoms with van der Waals surface area (Å²) in [5, 5.41) is 5.04. The Morgan fingerprint density at radius 1 is 1.50 bits per heavy atom. The van der Waals surface area contributed by atoms with E-state index < -0.39 is 0 Å². The lowest BCUT2D eigenvalue weighted by Gasteiger charge is -2.36. The number of rotatable bonds is 6. The van der Waals surface area contributed by atoms with Gasteiger partial charge in [0.1, 0.15) is 0 Å². The van der Waals surface area contributed by atoms with Crippen molar-refractivity contribution in [1.29, 1.82) is 0 Å². The van der Waals surface area contributed by atoms with Crippen molar-refractivity contribution in [2.75, 3.05) is 33.4 Å². The largest absolute Gasteiger partial charge is 0.381 e. The zero-order valence-corrected chi connectivity index (χ0v) is 13.7. The Kier molecular flexibility index (Phi) is 5.74. The highest BCUT2D eigenvalue weighted by Crippen LogP contribution is 2.36. The molecule has 1 N–H and O–H groups in total. The summed E-state index contributed by atoms with van der Waals surface area (Å²) < 4.78 is 5.47. The number of likely N-dealkylation sites (N-methyl/N-ethyl adjacent to an activating group) is 1. The highest BCUT2D eigenvalue weighted by Gasteiger charge is 2.35. The Balaban J connectivity index is 1.96. The van der Waals surface area contributed by atoms with Gasteiger partial charge in [0.05, 0.1) is 6.54 Å². The van der Waals surface area contributed by atoms with E-state index in [1.54, 1.807) is 18.4 Å². The van der Waals surface area contributed by atoms with E-state index in [-0.39, 0.29) is 23.8 Å². The number of carbonyl (C=O) groups excluding carboxylic acids is 2. The molecule has 0 unspecified atom stereocenters. The van der Waals surface area contributed by atoms with E-state index in [2.05, 4.69) is 23.3 Å². The predicted octanol–water partition coefficient (Wildman–Crippen LogP) is 1.56. The maximum atomic E-state index is 12.1. The highest BCUT2D eigenvalue weighted by molar-refractivity contribution is 7.10. The second kappa shape index (κ2) is 7.56. The minimum Gasteiger partial charge on any atom is -0.381 e. The first-order chi connectivity index (χ1) is 10.6. The number of nitrogens with zero attached hydrogens (tertiary/aromatic N) is 1. The van der Waals surface area contributed by atoms with Crippen molar-refractivity contribution >= 4 is 23.2 Å². The highest BCUT2D eigenvalue weighted by atomic mass is 32.1. The smallest absolute Gasteiger partial charge is 0.246 e. The second-order valence-electron chi connectivity index (χ2n) is 5.55. The standard InChI is InChI=1S/C16H22N2O3S/c1-3-15(20)18(2)11-14(19)17-12-16(6-8-21-9-7-16)13-5-4-10-22-13/h3-5,10H,1,6-9,11-12H2,2H3,(H,17,19). The molecule has 0 bridgehead atoms. The van der Waals surface area contributed by atoms with Gasteiger partial charge in [0.25, 0.3) is 0 Å². The lowest BCUT2D eigenvalue weighted by Crippen LogP contribution is -2.46. The van der Waals surface area contributed by atoms with Gasteiger partial charge >= 0.3 is 0 Å². The van der Waals surface area contributed by atoms with E-state index >= 15 is 0 Å². The summed E-state index contributed by atoms with van der Waals surface area (Å²) in [7, 11) is 1.59. The van der Waals surface area contributed by atoms with Gasteiger partial charge in [0.15, 0.2) is 0 Å². The van der Waals surface area contributed by atoms with Crippen LogP contribution in [-0.4, -0.2) is 50.1 Å². The third-order valence-corrected chi connectivity index (χ3v) is 5.17. The number of hydrogen-bond acceptors (Lipinski definition) is 4. The Morgan fingerprint density at radius 3 is 2.82 bits per heavy atom. The van der Waals surface area contributed by atoms with E-state index in [1.165, 1.54) is 15.9 Å². The van der Waals surface area contributed by atoms with Crippen molar-refractivity contribution in [3.8, 4) is 0 Å². The van der Waals surface area contributed by atoms with Gasteiger partial charge in [-0.1, -0.05) is 12.6 Å². The molecule has 1 saturated heterocycles. The van der Waals surface area contributed by atoms with Crippen molar-refractivity contribution < 1.29 is 14.3 Å². The van der Waals surface area contributed by atoms with Crippen LogP contribution in [-0.2, 0) is 19.7 Å². The normalized spacial score (nSPS) is 16.8. The van der Waals surface area contributed by atoms with Crippen molar-refractivity contribution in [3.63, 3.8) is 0 Å². The molecule has 1 aliphatic heterocycles. The van der Waals surface area contributed by atoms with E-state index in [1.807, 2.05) is 6.07 Å². The number of carbonyl (C=O) groups is 2. The summed E-state index contributed by atoms with van der Waals surface area (Å²) in [5.74, 6) is -0.408. The molecule has 0 atom stereocenters. The van der Waals surface area contributed by atoms with Crippen LogP contribution in [0, 0.1) is 0 Å². The molecule has 2 amide bonds. The monoisotopic (exact) mass is 322 g/mol. The number of thiophene rings is 1. The average molecular weight is 322 g/mol. The molecule has 120 valence electrons. The maximum absolute atomic E-state index is 12.1. The molecule has 2 heterocycles. The lowest BCUT2D eigenvalue weighted by atomic mass is 9.78. The molecule has 6 heteroatoms. The molecule has 0 spiro atoms. The van der Waals surface area contributed by atoms with E-state index in [9.17, 15) is 9.59 Å². The molecule has 0 aliphatic carbocycles. The molecule has 22 heavy (non-hydrogen) atoms. The fourth-order valence-electron chi connectivity index (χ4n) is 2.63. The van der Waals surface area contributed by atoms with Crippen LogP contribution in [0.5, 0.6) is 0 Å². The molecule has 2 rings (SSSR count). The van der Waals surface area contributed by atoms with Crippen LogP contribution in [0.15, 0.2) is 30.2 Å². The minimum absolute atomic E-state index is 0.0435. The van der Waals surface area contributed by atoms with Gasteiger partial charge in [-0.05, 0) is 30.4 Å². The molecule has 0 radical (unpaired) electrons. The fourth-order valence-corrected chi connectivity index (χ4v) is 3.61. The second-order valence-corrected chi connectivity index (χ2v) is 6.49. The summed E-state index contributed by atoms with van der Waals surface area (Å²) >= 11 is 1.72. The van der Waals surface area contributed by atoms with Gasteiger partial charge in [0, 0.05) is 37.1 Å². The predicted molar refractivity (Wildman–Crippen MR) is 86.9 cm³/mol. The van der Waals surface area contributed by atoms with Crippen LogP contribution in [0.4, 0.5) is 0 Å². The van der Waals surface area contributed by atoms with Gasteiger partial charge < -0.3 is 15.0 Å². The summed E-state index contributed by atoms with van der Waals surface area (Å²) in [6.45, 7) is 5.46. The summed E-state index contributed by atoms with van der Waals surface area (Å²) in [6.07, 6.45) is 3.00. The zero-order valence-electron chi connectivity index (χ0n) is 12.8. The third-order valence-electron chi connectivity index (χ3n) is 4.05. The minimum atomic E-state index is -0.255. The van der Waals surface area contributed by atoms with Gasteiger partial charge in [-0.3, -0.25) is 9.59 Å². The Labute approximate surface area is 135 Å². The van der Waals surface area contributed by atoms with E-state index in [0.29, 0.717) is 19.8 Å². The van der Waals surface area contributed by atoms with Crippen LogP contribution >= 0.6 is 11.3 Å². The van der Waals surface area contributed by atoms with Gasteiger partial charge in [-0.25, -0.2) is 0 Å².